The van der Waals surface area contributed by atoms with E-state index in [0.29, 0.717) is 5.92 Å². The monoisotopic (exact) mass is 188 g/mol. The molecule has 74 valence electrons. The van der Waals surface area contributed by atoms with Gasteiger partial charge in [-0.15, -0.1) is 0 Å². The lowest BCUT2D eigenvalue weighted by atomic mass is 9.93. The summed E-state index contributed by atoms with van der Waals surface area (Å²) in [4.78, 5) is 4.34. The Labute approximate surface area is 85.1 Å². The SMILES string of the molecule is C=C1CCc2c(C(C)C)ccnc2N1. The van der Waals surface area contributed by atoms with Crippen LogP contribution in [0.25, 0.3) is 0 Å². The van der Waals surface area contributed by atoms with Gasteiger partial charge in [-0.1, -0.05) is 20.4 Å². The van der Waals surface area contributed by atoms with Crippen LogP contribution in [-0.2, 0) is 6.42 Å². The third kappa shape index (κ3) is 1.52. The predicted molar refractivity (Wildman–Crippen MR) is 59.4 cm³/mol. The van der Waals surface area contributed by atoms with Gasteiger partial charge in [-0.3, -0.25) is 0 Å². The Hall–Kier alpha value is -1.31. The molecule has 0 saturated heterocycles. The second-order valence-corrected chi connectivity index (χ2v) is 4.11. The molecule has 1 aliphatic rings. The molecular weight excluding hydrogens is 172 g/mol. The molecule has 14 heavy (non-hydrogen) atoms. The maximum Gasteiger partial charge on any atom is 0.133 e. The molecule has 1 N–H and O–H groups in total. The number of allylic oxidation sites excluding steroid dienone is 1. The van der Waals surface area contributed by atoms with Crippen molar-refractivity contribution in [3.8, 4) is 0 Å². The lowest BCUT2D eigenvalue weighted by Crippen LogP contribution is -2.13. The predicted octanol–water partition coefficient (Wildman–Crippen LogP) is 3.08. The summed E-state index contributed by atoms with van der Waals surface area (Å²) in [6, 6.07) is 2.12. The molecule has 1 aromatic heterocycles. The van der Waals surface area contributed by atoms with Crippen molar-refractivity contribution in [2.24, 2.45) is 0 Å². The van der Waals surface area contributed by atoms with Gasteiger partial charge in [-0.25, -0.2) is 4.98 Å². The highest BCUT2D eigenvalue weighted by Gasteiger charge is 2.16. The van der Waals surface area contributed by atoms with Gasteiger partial charge in [0.1, 0.15) is 5.82 Å². The van der Waals surface area contributed by atoms with Gasteiger partial charge in [-0.05, 0) is 36.0 Å². The molecule has 2 nitrogen and oxygen atoms in total. The summed E-state index contributed by atoms with van der Waals surface area (Å²) in [7, 11) is 0. The molecule has 1 aliphatic heterocycles. The summed E-state index contributed by atoms with van der Waals surface area (Å²) in [5.41, 5.74) is 3.86. The average Bonchev–Trinajstić information content (AvgIpc) is 2.16. The van der Waals surface area contributed by atoms with Crippen molar-refractivity contribution in [3.05, 3.63) is 35.7 Å². The van der Waals surface area contributed by atoms with E-state index < -0.39 is 0 Å². The Morgan fingerprint density at radius 1 is 1.43 bits per heavy atom. The highest BCUT2D eigenvalue weighted by molar-refractivity contribution is 5.55. The van der Waals surface area contributed by atoms with Crippen molar-refractivity contribution in [2.45, 2.75) is 32.6 Å². The number of rotatable bonds is 1. The van der Waals surface area contributed by atoms with Gasteiger partial charge in [0.2, 0.25) is 0 Å². The van der Waals surface area contributed by atoms with Gasteiger partial charge in [0.25, 0.3) is 0 Å². The molecular formula is C12H16N2. The van der Waals surface area contributed by atoms with Crippen LogP contribution < -0.4 is 5.32 Å². The van der Waals surface area contributed by atoms with Crippen molar-refractivity contribution >= 4 is 5.82 Å². The average molecular weight is 188 g/mol. The molecule has 2 rings (SSSR count). The first-order valence-electron chi connectivity index (χ1n) is 5.11. The molecule has 0 unspecified atom stereocenters. The maximum absolute atomic E-state index is 4.34. The van der Waals surface area contributed by atoms with E-state index >= 15 is 0 Å². The van der Waals surface area contributed by atoms with Gasteiger partial charge in [-0.2, -0.15) is 0 Å². The molecule has 0 radical (unpaired) electrons. The van der Waals surface area contributed by atoms with E-state index in [2.05, 4.69) is 36.8 Å². The standard InChI is InChI=1S/C12H16N2/c1-8(2)10-6-7-13-12-11(10)5-4-9(3)14-12/h6-8H,3-5H2,1-2H3,(H,13,14). The normalized spacial score (nSPS) is 15.2. The minimum atomic E-state index is 0.569. The lowest BCUT2D eigenvalue weighted by Gasteiger charge is -2.22. The molecule has 0 saturated carbocycles. The van der Waals surface area contributed by atoms with Gasteiger partial charge in [0.15, 0.2) is 0 Å². The summed E-state index contributed by atoms with van der Waals surface area (Å²) in [5.74, 6) is 1.58. The van der Waals surface area contributed by atoms with E-state index in [1.807, 2.05) is 6.20 Å². The van der Waals surface area contributed by atoms with Gasteiger partial charge < -0.3 is 5.32 Å². The second kappa shape index (κ2) is 3.45. The molecule has 0 atom stereocenters. The van der Waals surface area contributed by atoms with Crippen molar-refractivity contribution in [1.82, 2.24) is 4.98 Å². The summed E-state index contributed by atoms with van der Waals surface area (Å²) in [5, 5.41) is 3.25. The van der Waals surface area contributed by atoms with Crippen LogP contribution >= 0.6 is 0 Å². The first kappa shape index (κ1) is 9.25. The van der Waals surface area contributed by atoms with Gasteiger partial charge in [0, 0.05) is 11.9 Å². The van der Waals surface area contributed by atoms with Crippen LogP contribution in [0.2, 0.25) is 0 Å². The van der Waals surface area contributed by atoms with E-state index in [1.54, 1.807) is 0 Å². The number of hydrogen-bond donors (Lipinski definition) is 1. The topological polar surface area (TPSA) is 24.9 Å². The van der Waals surface area contributed by atoms with E-state index in [9.17, 15) is 0 Å². The van der Waals surface area contributed by atoms with Crippen LogP contribution in [-0.4, -0.2) is 4.98 Å². The third-order valence-electron chi connectivity index (χ3n) is 2.69. The molecule has 2 heterocycles. The number of hydrogen-bond acceptors (Lipinski definition) is 2. The molecule has 1 aromatic rings. The highest BCUT2D eigenvalue weighted by atomic mass is 15.0. The first-order chi connectivity index (χ1) is 6.68. The Kier molecular flexibility index (Phi) is 2.28. The summed E-state index contributed by atoms with van der Waals surface area (Å²) in [6.45, 7) is 8.38. The number of aromatic nitrogens is 1. The maximum atomic E-state index is 4.34. The zero-order valence-corrected chi connectivity index (χ0v) is 8.80. The first-order valence-corrected chi connectivity index (χ1v) is 5.11. The van der Waals surface area contributed by atoms with Gasteiger partial charge >= 0.3 is 0 Å². The molecule has 0 bridgehead atoms. The minimum absolute atomic E-state index is 0.569. The van der Waals surface area contributed by atoms with Crippen LogP contribution in [0.5, 0.6) is 0 Å². The number of pyridine rings is 1. The van der Waals surface area contributed by atoms with E-state index in [1.165, 1.54) is 11.1 Å². The number of anilines is 1. The fraction of sp³-hybridized carbons (Fsp3) is 0.417. The van der Waals surface area contributed by atoms with Gasteiger partial charge in [0.05, 0.1) is 0 Å². The van der Waals surface area contributed by atoms with Crippen LogP contribution in [0, 0.1) is 0 Å². The Morgan fingerprint density at radius 3 is 2.93 bits per heavy atom. The van der Waals surface area contributed by atoms with Crippen LogP contribution in [0.3, 0.4) is 0 Å². The van der Waals surface area contributed by atoms with E-state index in [-0.39, 0.29) is 0 Å². The van der Waals surface area contributed by atoms with Crippen molar-refractivity contribution in [1.29, 1.82) is 0 Å². The molecule has 2 heteroatoms. The zero-order chi connectivity index (χ0) is 10.1. The quantitative estimate of drug-likeness (QED) is 0.732. The number of fused-ring (bicyclic) bond motifs is 1. The largest absolute Gasteiger partial charge is 0.344 e. The Morgan fingerprint density at radius 2 is 2.21 bits per heavy atom. The number of nitrogens with zero attached hydrogens (tertiary/aromatic N) is 1. The molecule has 0 fully saturated rings. The Bertz CT molecular complexity index is 367. The van der Waals surface area contributed by atoms with Crippen molar-refractivity contribution < 1.29 is 0 Å². The van der Waals surface area contributed by atoms with Crippen molar-refractivity contribution in [3.63, 3.8) is 0 Å². The molecule has 0 aliphatic carbocycles. The summed E-state index contributed by atoms with van der Waals surface area (Å²) >= 11 is 0. The molecule has 0 amide bonds. The van der Waals surface area contributed by atoms with Crippen LogP contribution in [0.15, 0.2) is 24.5 Å². The smallest absolute Gasteiger partial charge is 0.133 e. The summed E-state index contributed by atoms with van der Waals surface area (Å²) in [6.07, 6.45) is 3.97. The fourth-order valence-electron chi connectivity index (χ4n) is 1.92. The zero-order valence-electron chi connectivity index (χ0n) is 8.80. The van der Waals surface area contributed by atoms with Crippen LogP contribution in [0.1, 0.15) is 37.3 Å². The Balaban J connectivity index is 2.46. The summed E-state index contributed by atoms with van der Waals surface area (Å²) < 4.78 is 0. The highest BCUT2D eigenvalue weighted by Crippen LogP contribution is 2.30. The molecule has 0 spiro atoms. The number of nitrogens with one attached hydrogen (secondary N) is 1. The van der Waals surface area contributed by atoms with Crippen molar-refractivity contribution in [2.75, 3.05) is 5.32 Å². The van der Waals surface area contributed by atoms with E-state index in [0.717, 1.165) is 24.4 Å². The lowest BCUT2D eigenvalue weighted by molar-refractivity contribution is 0.808. The van der Waals surface area contributed by atoms with E-state index in [4.69, 9.17) is 0 Å². The molecule has 0 aromatic carbocycles. The van der Waals surface area contributed by atoms with Crippen LogP contribution in [0.4, 0.5) is 5.82 Å². The fourth-order valence-corrected chi connectivity index (χ4v) is 1.92. The second-order valence-electron chi connectivity index (χ2n) is 4.11. The third-order valence-corrected chi connectivity index (χ3v) is 2.69. The minimum Gasteiger partial charge on any atom is -0.344 e.